The Labute approximate surface area is 122 Å². The number of nitrogens with one attached hydrogen (secondary N) is 2. The maximum atomic E-state index is 10.9. The second-order valence-corrected chi connectivity index (χ2v) is 5.33. The SMILES string of the molecule is COC(=O)NNc1ccc(Sc2ccc(C)cc2)cc1. The lowest BCUT2D eigenvalue weighted by molar-refractivity contribution is 0.173. The Morgan fingerprint density at radius 3 is 2.10 bits per heavy atom. The van der Waals surface area contributed by atoms with Crippen molar-refractivity contribution < 1.29 is 9.53 Å². The molecule has 0 heterocycles. The first kappa shape index (κ1) is 14.3. The van der Waals surface area contributed by atoms with Gasteiger partial charge >= 0.3 is 6.09 Å². The van der Waals surface area contributed by atoms with E-state index in [1.165, 1.54) is 17.6 Å². The molecule has 1 amide bonds. The van der Waals surface area contributed by atoms with E-state index in [0.717, 1.165) is 10.6 Å². The summed E-state index contributed by atoms with van der Waals surface area (Å²) in [5, 5.41) is 0. The van der Waals surface area contributed by atoms with E-state index in [-0.39, 0.29) is 0 Å². The lowest BCUT2D eigenvalue weighted by Crippen LogP contribution is -2.28. The summed E-state index contributed by atoms with van der Waals surface area (Å²) in [5.41, 5.74) is 7.21. The maximum absolute atomic E-state index is 10.9. The molecule has 0 unspecified atom stereocenters. The molecule has 2 aromatic rings. The lowest BCUT2D eigenvalue weighted by atomic mass is 10.2. The van der Waals surface area contributed by atoms with Crippen LogP contribution in [0.15, 0.2) is 58.3 Å². The molecule has 104 valence electrons. The van der Waals surface area contributed by atoms with E-state index in [1.807, 2.05) is 24.3 Å². The van der Waals surface area contributed by atoms with Crippen LogP contribution in [-0.2, 0) is 4.74 Å². The number of carbonyl (C=O) groups excluding carboxylic acids is 1. The number of hydrogen-bond acceptors (Lipinski definition) is 4. The van der Waals surface area contributed by atoms with Crippen LogP contribution >= 0.6 is 11.8 Å². The summed E-state index contributed by atoms with van der Waals surface area (Å²) in [7, 11) is 1.32. The van der Waals surface area contributed by atoms with Crippen LogP contribution < -0.4 is 10.9 Å². The highest BCUT2D eigenvalue weighted by Crippen LogP contribution is 2.28. The molecule has 0 aliphatic carbocycles. The van der Waals surface area contributed by atoms with Crippen LogP contribution in [-0.4, -0.2) is 13.2 Å². The molecular weight excluding hydrogens is 272 g/mol. The number of methoxy groups -OCH3 is 1. The van der Waals surface area contributed by atoms with Crippen molar-refractivity contribution in [2.75, 3.05) is 12.5 Å². The molecule has 2 N–H and O–H groups in total. The third kappa shape index (κ3) is 4.20. The average molecular weight is 288 g/mol. The number of ether oxygens (including phenoxy) is 1. The van der Waals surface area contributed by atoms with Gasteiger partial charge in [-0.15, -0.1) is 0 Å². The number of aryl methyl sites for hydroxylation is 1. The molecule has 0 atom stereocenters. The smallest absolute Gasteiger partial charge is 0.425 e. The third-order valence-corrected chi connectivity index (χ3v) is 3.62. The van der Waals surface area contributed by atoms with Crippen molar-refractivity contribution in [3.63, 3.8) is 0 Å². The van der Waals surface area contributed by atoms with Gasteiger partial charge < -0.3 is 4.74 Å². The van der Waals surface area contributed by atoms with Crippen molar-refractivity contribution in [2.45, 2.75) is 16.7 Å². The molecule has 2 rings (SSSR count). The highest BCUT2D eigenvalue weighted by atomic mass is 32.2. The predicted octanol–water partition coefficient (Wildman–Crippen LogP) is 3.83. The molecule has 0 aliphatic rings. The maximum Gasteiger partial charge on any atom is 0.425 e. The number of hydrogen-bond donors (Lipinski definition) is 2. The van der Waals surface area contributed by atoms with Crippen LogP contribution in [0.2, 0.25) is 0 Å². The van der Waals surface area contributed by atoms with Crippen LogP contribution in [0, 0.1) is 6.92 Å². The molecule has 5 heteroatoms. The van der Waals surface area contributed by atoms with Crippen molar-refractivity contribution in [3.8, 4) is 0 Å². The number of benzene rings is 2. The van der Waals surface area contributed by atoms with Gasteiger partial charge in [-0.3, -0.25) is 5.43 Å². The van der Waals surface area contributed by atoms with E-state index < -0.39 is 6.09 Å². The first-order valence-electron chi connectivity index (χ1n) is 6.12. The fourth-order valence-electron chi connectivity index (χ4n) is 1.52. The summed E-state index contributed by atoms with van der Waals surface area (Å²) >= 11 is 1.69. The van der Waals surface area contributed by atoms with Gasteiger partial charge in [-0.1, -0.05) is 29.5 Å². The number of rotatable bonds is 4. The number of amides is 1. The molecule has 0 saturated carbocycles. The predicted molar refractivity (Wildman–Crippen MR) is 80.9 cm³/mol. The highest BCUT2D eigenvalue weighted by Gasteiger charge is 2.00. The normalized spacial score (nSPS) is 9.90. The molecule has 2 aromatic carbocycles. The van der Waals surface area contributed by atoms with Gasteiger partial charge in [0.15, 0.2) is 0 Å². The minimum absolute atomic E-state index is 0.525. The van der Waals surface area contributed by atoms with E-state index in [9.17, 15) is 4.79 Å². The van der Waals surface area contributed by atoms with E-state index in [4.69, 9.17) is 0 Å². The highest BCUT2D eigenvalue weighted by molar-refractivity contribution is 7.99. The van der Waals surface area contributed by atoms with Crippen LogP contribution in [0.25, 0.3) is 0 Å². The zero-order chi connectivity index (χ0) is 14.4. The van der Waals surface area contributed by atoms with Crippen LogP contribution in [0.5, 0.6) is 0 Å². The van der Waals surface area contributed by atoms with Crippen molar-refractivity contribution in [3.05, 3.63) is 54.1 Å². The van der Waals surface area contributed by atoms with Crippen LogP contribution in [0.1, 0.15) is 5.56 Å². The van der Waals surface area contributed by atoms with Gasteiger partial charge in [-0.2, -0.15) is 0 Å². The Balaban J connectivity index is 1.94. The molecule has 0 fully saturated rings. The Hall–Kier alpha value is -2.14. The van der Waals surface area contributed by atoms with Gasteiger partial charge in [0.1, 0.15) is 0 Å². The largest absolute Gasteiger partial charge is 0.452 e. The van der Waals surface area contributed by atoms with Crippen molar-refractivity contribution in [1.82, 2.24) is 5.43 Å². The molecule has 0 spiro atoms. The van der Waals surface area contributed by atoms with Gasteiger partial charge in [0, 0.05) is 9.79 Å². The Morgan fingerprint density at radius 2 is 1.55 bits per heavy atom. The van der Waals surface area contributed by atoms with Crippen molar-refractivity contribution >= 4 is 23.5 Å². The van der Waals surface area contributed by atoms with E-state index >= 15 is 0 Å². The quantitative estimate of drug-likeness (QED) is 0.840. The van der Waals surface area contributed by atoms with Gasteiger partial charge in [0.2, 0.25) is 0 Å². The molecule has 0 aromatic heterocycles. The van der Waals surface area contributed by atoms with Gasteiger partial charge in [-0.25, -0.2) is 10.2 Å². The lowest BCUT2D eigenvalue weighted by Gasteiger charge is -2.08. The molecular formula is C15H16N2O2S. The van der Waals surface area contributed by atoms with E-state index in [1.54, 1.807) is 11.8 Å². The molecule has 0 radical (unpaired) electrons. The summed E-state index contributed by atoms with van der Waals surface area (Å²) in [6.45, 7) is 2.07. The minimum Gasteiger partial charge on any atom is -0.452 e. The zero-order valence-electron chi connectivity index (χ0n) is 11.3. The molecule has 20 heavy (non-hydrogen) atoms. The Kier molecular flexibility index (Phi) is 4.90. The summed E-state index contributed by atoms with van der Waals surface area (Å²) in [6.07, 6.45) is -0.525. The fraction of sp³-hybridized carbons (Fsp3) is 0.133. The summed E-state index contributed by atoms with van der Waals surface area (Å²) < 4.78 is 4.47. The summed E-state index contributed by atoms with van der Waals surface area (Å²) in [4.78, 5) is 13.3. The van der Waals surface area contributed by atoms with Crippen molar-refractivity contribution in [1.29, 1.82) is 0 Å². The number of hydrazine groups is 1. The second kappa shape index (κ2) is 6.86. The molecule has 0 aliphatic heterocycles. The summed E-state index contributed by atoms with van der Waals surface area (Å²) in [6, 6.07) is 16.2. The molecule has 0 bridgehead atoms. The topological polar surface area (TPSA) is 50.4 Å². The van der Waals surface area contributed by atoms with Gasteiger partial charge in [-0.05, 0) is 43.3 Å². The Bertz CT molecular complexity index is 567. The van der Waals surface area contributed by atoms with Gasteiger partial charge in [0.25, 0.3) is 0 Å². The summed E-state index contributed by atoms with van der Waals surface area (Å²) in [5.74, 6) is 0. The Morgan fingerprint density at radius 1 is 1.00 bits per heavy atom. The van der Waals surface area contributed by atoms with Crippen molar-refractivity contribution in [2.24, 2.45) is 0 Å². The fourth-order valence-corrected chi connectivity index (χ4v) is 2.34. The first-order chi connectivity index (χ1) is 9.67. The molecule has 4 nitrogen and oxygen atoms in total. The van der Waals surface area contributed by atoms with Gasteiger partial charge in [0.05, 0.1) is 12.8 Å². The molecule has 0 saturated heterocycles. The van der Waals surface area contributed by atoms with E-state index in [0.29, 0.717) is 0 Å². The average Bonchev–Trinajstić information content (AvgIpc) is 2.48. The minimum atomic E-state index is -0.525. The second-order valence-electron chi connectivity index (χ2n) is 4.18. The monoisotopic (exact) mass is 288 g/mol. The van der Waals surface area contributed by atoms with Crippen LogP contribution in [0.3, 0.4) is 0 Å². The first-order valence-corrected chi connectivity index (χ1v) is 6.93. The standard InChI is InChI=1S/C15H16N2O2S/c1-11-3-7-13(8-4-11)20-14-9-5-12(6-10-14)16-17-15(18)19-2/h3-10,16H,1-2H3,(H,17,18). The third-order valence-electron chi connectivity index (χ3n) is 2.61. The number of carbonyl (C=O) groups is 1. The number of anilines is 1. The zero-order valence-corrected chi connectivity index (χ0v) is 12.2. The van der Waals surface area contributed by atoms with Crippen LogP contribution in [0.4, 0.5) is 10.5 Å². The van der Waals surface area contributed by atoms with E-state index in [2.05, 4.69) is 46.8 Å².